The highest BCUT2D eigenvalue weighted by Gasteiger charge is 2.26. The number of likely N-dealkylation sites (tertiary alicyclic amines) is 1. The maximum Gasteiger partial charge on any atom is 0.309 e. The average molecular weight is 241 g/mol. The molecule has 3 nitrogen and oxygen atoms in total. The summed E-state index contributed by atoms with van der Waals surface area (Å²) in [5.41, 5.74) is -0.559. The first-order chi connectivity index (χ1) is 7.95. The molecule has 1 aliphatic rings. The average Bonchev–Trinajstić information content (AvgIpc) is 2.72. The smallest absolute Gasteiger partial charge is 0.309 e. The lowest BCUT2D eigenvalue weighted by atomic mass is 9.87. The van der Waals surface area contributed by atoms with E-state index < -0.39 is 11.4 Å². The quantitative estimate of drug-likeness (QED) is 0.697. The molecule has 0 aliphatic carbocycles. The van der Waals surface area contributed by atoms with E-state index in [1.54, 1.807) is 0 Å². The Balaban J connectivity index is 2.11. The molecule has 0 radical (unpaired) electrons. The van der Waals surface area contributed by atoms with E-state index in [0.717, 1.165) is 31.7 Å². The van der Waals surface area contributed by atoms with E-state index in [9.17, 15) is 4.79 Å². The molecule has 1 unspecified atom stereocenters. The first-order valence-corrected chi connectivity index (χ1v) is 6.91. The molecule has 1 N–H and O–H groups in total. The Labute approximate surface area is 105 Å². The van der Waals surface area contributed by atoms with Crippen LogP contribution in [-0.4, -0.2) is 35.6 Å². The molecular weight excluding hydrogens is 214 g/mol. The summed E-state index contributed by atoms with van der Waals surface area (Å²) >= 11 is 0. The Kier molecular flexibility index (Phi) is 5.44. The fourth-order valence-corrected chi connectivity index (χ4v) is 2.46. The Morgan fingerprint density at radius 3 is 2.65 bits per heavy atom. The number of carboxylic acids is 1. The fraction of sp³-hybridized carbons (Fsp3) is 0.929. The monoisotopic (exact) mass is 241 g/mol. The van der Waals surface area contributed by atoms with E-state index in [2.05, 4.69) is 11.8 Å². The van der Waals surface area contributed by atoms with Crippen LogP contribution in [-0.2, 0) is 4.79 Å². The summed E-state index contributed by atoms with van der Waals surface area (Å²) in [7, 11) is 0. The van der Waals surface area contributed by atoms with E-state index in [1.165, 1.54) is 25.9 Å². The summed E-state index contributed by atoms with van der Waals surface area (Å²) in [5, 5.41) is 9.01. The summed E-state index contributed by atoms with van der Waals surface area (Å²) in [6.45, 7) is 9.53. The van der Waals surface area contributed by atoms with Crippen molar-refractivity contribution in [2.45, 2.75) is 52.9 Å². The van der Waals surface area contributed by atoms with Crippen LogP contribution >= 0.6 is 0 Å². The van der Waals surface area contributed by atoms with Crippen LogP contribution in [0.3, 0.4) is 0 Å². The van der Waals surface area contributed by atoms with Gasteiger partial charge < -0.3 is 10.0 Å². The summed E-state index contributed by atoms with van der Waals surface area (Å²) in [6, 6.07) is 0. The van der Waals surface area contributed by atoms with Gasteiger partial charge in [-0.1, -0.05) is 19.8 Å². The maximum absolute atomic E-state index is 10.9. The van der Waals surface area contributed by atoms with E-state index in [-0.39, 0.29) is 0 Å². The topological polar surface area (TPSA) is 40.5 Å². The highest BCUT2D eigenvalue weighted by atomic mass is 16.4. The predicted octanol–water partition coefficient (Wildman–Crippen LogP) is 3.00. The van der Waals surface area contributed by atoms with Gasteiger partial charge in [-0.05, 0) is 52.1 Å². The number of unbranched alkanes of at least 4 members (excludes halogenated alkanes) is 1. The van der Waals surface area contributed by atoms with Crippen LogP contribution in [0.15, 0.2) is 0 Å². The number of hydrogen-bond acceptors (Lipinski definition) is 2. The second-order valence-electron chi connectivity index (χ2n) is 6.01. The van der Waals surface area contributed by atoms with Crippen molar-refractivity contribution in [2.75, 3.05) is 19.6 Å². The molecule has 3 heteroatoms. The molecule has 0 spiro atoms. The van der Waals surface area contributed by atoms with Gasteiger partial charge in [-0.2, -0.15) is 0 Å². The minimum Gasteiger partial charge on any atom is -0.481 e. The largest absolute Gasteiger partial charge is 0.481 e. The van der Waals surface area contributed by atoms with Crippen LogP contribution in [0.5, 0.6) is 0 Å². The number of aliphatic carboxylic acids is 1. The molecule has 0 aromatic rings. The number of carbonyl (C=O) groups is 1. The Bertz CT molecular complexity index is 251. The lowest BCUT2D eigenvalue weighted by molar-refractivity contribution is -0.147. The summed E-state index contributed by atoms with van der Waals surface area (Å²) < 4.78 is 0. The van der Waals surface area contributed by atoms with Crippen molar-refractivity contribution >= 4 is 5.97 Å². The van der Waals surface area contributed by atoms with Gasteiger partial charge in [0.05, 0.1) is 5.41 Å². The molecule has 100 valence electrons. The molecule has 0 saturated carbocycles. The van der Waals surface area contributed by atoms with Gasteiger partial charge in [0.15, 0.2) is 0 Å². The molecule has 0 aromatic heterocycles. The molecule has 0 aromatic carbocycles. The zero-order chi connectivity index (χ0) is 12.9. The first kappa shape index (κ1) is 14.5. The lowest BCUT2D eigenvalue weighted by Gasteiger charge is -2.20. The number of nitrogens with zero attached hydrogens (tertiary/aromatic N) is 1. The van der Waals surface area contributed by atoms with Gasteiger partial charge in [0.1, 0.15) is 0 Å². The van der Waals surface area contributed by atoms with Crippen molar-refractivity contribution in [1.29, 1.82) is 0 Å². The first-order valence-electron chi connectivity index (χ1n) is 6.91. The van der Waals surface area contributed by atoms with Gasteiger partial charge in [0, 0.05) is 6.54 Å². The van der Waals surface area contributed by atoms with Crippen molar-refractivity contribution < 1.29 is 9.90 Å². The van der Waals surface area contributed by atoms with Crippen molar-refractivity contribution in [3.8, 4) is 0 Å². The number of rotatable bonds is 7. The standard InChI is InChI=1S/C14H27NO2/c1-4-12-7-10-15(11-12)9-6-5-8-14(2,3)13(16)17/h12H,4-11H2,1-3H3,(H,16,17). The number of hydrogen-bond donors (Lipinski definition) is 1. The zero-order valence-electron chi connectivity index (χ0n) is 11.5. The molecule has 1 saturated heterocycles. The Morgan fingerprint density at radius 1 is 1.41 bits per heavy atom. The van der Waals surface area contributed by atoms with Crippen molar-refractivity contribution in [3.63, 3.8) is 0 Å². The molecule has 0 amide bonds. The third-order valence-corrected chi connectivity index (χ3v) is 4.05. The van der Waals surface area contributed by atoms with Crippen LogP contribution < -0.4 is 0 Å². The van der Waals surface area contributed by atoms with Gasteiger partial charge in [-0.25, -0.2) is 0 Å². The van der Waals surface area contributed by atoms with E-state index in [1.807, 2.05) is 13.8 Å². The molecule has 1 atom stereocenters. The van der Waals surface area contributed by atoms with Crippen LogP contribution in [0, 0.1) is 11.3 Å². The lowest BCUT2D eigenvalue weighted by Crippen LogP contribution is -2.25. The third kappa shape index (κ3) is 4.66. The minimum atomic E-state index is -0.676. The van der Waals surface area contributed by atoms with Gasteiger partial charge in [0.2, 0.25) is 0 Å². The van der Waals surface area contributed by atoms with Crippen molar-refractivity contribution in [3.05, 3.63) is 0 Å². The summed E-state index contributed by atoms with van der Waals surface area (Å²) in [4.78, 5) is 13.5. The zero-order valence-corrected chi connectivity index (χ0v) is 11.5. The molecular formula is C14H27NO2. The van der Waals surface area contributed by atoms with E-state index in [4.69, 9.17) is 5.11 Å². The highest BCUT2D eigenvalue weighted by molar-refractivity contribution is 5.73. The van der Waals surface area contributed by atoms with Crippen molar-refractivity contribution in [1.82, 2.24) is 4.90 Å². The van der Waals surface area contributed by atoms with Gasteiger partial charge in [-0.15, -0.1) is 0 Å². The van der Waals surface area contributed by atoms with Crippen LogP contribution in [0.2, 0.25) is 0 Å². The van der Waals surface area contributed by atoms with Crippen LogP contribution in [0.25, 0.3) is 0 Å². The minimum absolute atomic E-state index is 0.559. The second kappa shape index (κ2) is 6.39. The second-order valence-corrected chi connectivity index (χ2v) is 6.01. The molecule has 1 aliphatic heterocycles. The maximum atomic E-state index is 10.9. The summed E-state index contributed by atoms with van der Waals surface area (Å²) in [5.74, 6) is 0.218. The Hall–Kier alpha value is -0.570. The van der Waals surface area contributed by atoms with Gasteiger partial charge >= 0.3 is 5.97 Å². The van der Waals surface area contributed by atoms with Crippen LogP contribution in [0.1, 0.15) is 52.9 Å². The van der Waals surface area contributed by atoms with Crippen molar-refractivity contribution in [2.24, 2.45) is 11.3 Å². The SMILES string of the molecule is CCC1CCN(CCCCC(C)(C)C(=O)O)C1. The predicted molar refractivity (Wildman–Crippen MR) is 70.1 cm³/mol. The van der Waals surface area contributed by atoms with E-state index >= 15 is 0 Å². The number of carboxylic acid groups (broad SMARTS) is 1. The molecule has 1 rings (SSSR count). The Morgan fingerprint density at radius 2 is 2.12 bits per heavy atom. The van der Waals surface area contributed by atoms with E-state index in [0.29, 0.717) is 0 Å². The molecule has 1 heterocycles. The molecule has 17 heavy (non-hydrogen) atoms. The van der Waals surface area contributed by atoms with Gasteiger partial charge in [0.25, 0.3) is 0 Å². The molecule has 0 bridgehead atoms. The fourth-order valence-electron chi connectivity index (χ4n) is 2.46. The summed E-state index contributed by atoms with van der Waals surface area (Å²) in [6.07, 6.45) is 5.58. The van der Waals surface area contributed by atoms with Gasteiger partial charge in [-0.3, -0.25) is 4.79 Å². The normalized spacial score (nSPS) is 21.9. The third-order valence-electron chi connectivity index (χ3n) is 4.05. The van der Waals surface area contributed by atoms with Crippen LogP contribution in [0.4, 0.5) is 0 Å². The molecule has 1 fully saturated rings. The highest BCUT2D eigenvalue weighted by Crippen LogP contribution is 2.24.